The molecule has 4 unspecified atom stereocenters. The van der Waals surface area contributed by atoms with E-state index in [1.165, 1.54) is 6.92 Å². The van der Waals surface area contributed by atoms with Crippen molar-refractivity contribution in [3.8, 4) is 5.75 Å². The minimum atomic E-state index is -1.36. The van der Waals surface area contributed by atoms with Crippen LogP contribution in [0.3, 0.4) is 0 Å². The van der Waals surface area contributed by atoms with Gasteiger partial charge in [0.05, 0.1) is 6.61 Å². The van der Waals surface area contributed by atoms with E-state index in [9.17, 15) is 19.8 Å². The van der Waals surface area contributed by atoms with Crippen LogP contribution >= 0.6 is 0 Å². The fourth-order valence-corrected chi connectivity index (χ4v) is 2.77. The van der Waals surface area contributed by atoms with Gasteiger partial charge in [-0.1, -0.05) is 12.1 Å². The number of carbonyl (C=O) groups is 2. The summed E-state index contributed by atoms with van der Waals surface area (Å²) < 4.78 is 16.3. The van der Waals surface area contributed by atoms with E-state index in [2.05, 4.69) is 15.4 Å². The van der Waals surface area contributed by atoms with Gasteiger partial charge in [-0.25, -0.2) is 14.5 Å². The zero-order chi connectivity index (χ0) is 22.5. The maximum atomic E-state index is 11.9. The molecular weight excluding hydrogens is 414 g/mol. The number of benzene rings is 1. The second kappa shape index (κ2) is 9.61. The fourth-order valence-electron chi connectivity index (χ4n) is 2.77. The van der Waals surface area contributed by atoms with Crippen molar-refractivity contribution >= 4 is 17.9 Å². The van der Waals surface area contributed by atoms with Crippen molar-refractivity contribution in [2.24, 2.45) is 0 Å². The van der Waals surface area contributed by atoms with Gasteiger partial charge in [0.15, 0.2) is 12.1 Å². The number of nitrogens with zero attached hydrogens (tertiary/aromatic N) is 3. The van der Waals surface area contributed by atoms with Gasteiger partial charge in [0.1, 0.15) is 37.0 Å². The molecule has 0 saturated carbocycles. The number of ether oxygens (including phenoxy) is 3. The third-order valence-corrected chi connectivity index (χ3v) is 4.29. The Morgan fingerprint density at radius 3 is 2.58 bits per heavy atom. The van der Waals surface area contributed by atoms with Gasteiger partial charge in [-0.15, -0.1) is 5.10 Å². The molecule has 1 aromatic carbocycles. The van der Waals surface area contributed by atoms with Crippen molar-refractivity contribution < 1.29 is 39.1 Å². The largest absolute Gasteiger partial charge is 0.444 e. The number of nitrogens with one attached hydrogen (secondary N) is 2. The van der Waals surface area contributed by atoms with Crippen molar-refractivity contribution in [3.05, 3.63) is 42.0 Å². The predicted octanol–water partition coefficient (Wildman–Crippen LogP) is -0.933. The van der Waals surface area contributed by atoms with Crippen molar-refractivity contribution in [2.75, 3.05) is 6.61 Å². The Bertz CT molecular complexity index is 947. The first-order valence-corrected chi connectivity index (χ1v) is 9.12. The predicted molar refractivity (Wildman–Crippen MR) is 101 cm³/mol. The minimum absolute atomic E-state index is 0.0934. The molecule has 13 heteroatoms. The molecule has 0 radical (unpaired) electrons. The summed E-state index contributed by atoms with van der Waals surface area (Å²) >= 11 is 0. The molecule has 166 valence electrons. The van der Waals surface area contributed by atoms with Crippen LogP contribution in [0.2, 0.25) is 0 Å². The number of aliphatic hydroxyl groups is 3. The average Bonchev–Trinajstić information content (AvgIpc) is 3.33. The summed E-state index contributed by atoms with van der Waals surface area (Å²) in [6, 6.07) is 6.32. The smallest absolute Gasteiger partial charge is 0.413 e. The molecule has 5 N–H and O–H groups in total. The van der Waals surface area contributed by atoms with Crippen LogP contribution in [-0.2, 0) is 20.9 Å². The maximum Gasteiger partial charge on any atom is 0.413 e. The third kappa shape index (κ3) is 5.40. The van der Waals surface area contributed by atoms with Gasteiger partial charge < -0.3 is 29.5 Å². The number of aromatic nitrogens is 3. The second-order valence-corrected chi connectivity index (χ2v) is 6.59. The number of amides is 1. The first-order chi connectivity index (χ1) is 14.8. The van der Waals surface area contributed by atoms with Gasteiger partial charge in [0, 0.05) is 6.92 Å². The molecule has 0 aliphatic carbocycles. The molecule has 0 spiro atoms. The molecule has 1 amide bonds. The number of carbonyl (C=O) groups excluding carboxylic acids is 2. The average molecular weight is 435 g/mol. The zero-order valence-corrected chi connectivity index (χ0v) is 16.3. The van der Waals surface area contributed by atoms with Crippen LogP contribution in [0.15, 0.2) is 30.6 Å². The Hall–Kier alpha value is -3.39. The lowest BCUT2D eigenvalue weighted by Gasteiger charge is -2.13. The van der Waals surface area contributed by atoms with E-state index in [1.807, 2.05) is 0 Å². The number of rotatable bonds is 6. The first-order valence-electron chi connectivity index (χ1n) is 9.12. The highest BCUT2D eigenvalue weighted by molar-refractivity contribution is 6.01. The highest BCUT2D eigenvalue weighted by Crippen LogP contribution is 2.28. The van der Waals surface area contributed by atoms with Crippen LogP contribution in [0.5, 0.6) is 5.75 Å². The molecular formula is C18H21N5O8. The normalized spacial score (nSPS) is 22.7. The Kier molecular flexibility index (Phi) is 6.91. The SMILES string of the molecule is CC(=O)Oc1ccc(COC(=O)NC(=N)c2ncn(C3OC(CO)C(O)C3O)n2)cc1. The van der Waals surface area contributed by atoms with E-state index in [1.54, 1.807) is 24.3 Å². The quantitative estimate of drug-likeness (QED) is 0.164. The molecule has 31 heavy (non-hydrogen) atoms. The summed E-state index contributed by atoms with van der Waals surface area (Å²) in [6.45, 7) is 0.697. The Morgan fingerprint density at radius 2 is 1.97 bits per heavy atom. The van der Waals surface area contributed by atoms with Crippen molar-refractivity contribution in [1.82, 2.24) is 20.1 Å². The highest BCUT2D eigenvalue weighted by atomic mass is 16.6. The number of hydrogen-bond donors (Lipinski definition) is 5. The van der Waals surface area contributed by atoms with Crippen LogP contribution in [0.25, 0.3) is 0 Å². The number of hydrogen-bond acceptors (Lipinski definition) is 11. The van der Waals surface area contributed by atoms with E-state index < -0.39 is 49.0 Å². The molecule has 1 saturated heterocycles. The summed E-state index contributed by atoms with van der Waals surface area (Å²) in [5.41, 5.74) is 0.629. The van der Waals surface area contributed by atoms with Crippen LogP contribution in [-0.4, -0.2) is 72.9 Å². The summed E-state index contributed by atoms with van der Waals surface area (Å²) in [5.74, 6) is -0.726. The van der Waals surface area contributed by atoms with Gasteiger partial charge in [-0.3, -0.25) is 15.5 Å². The molecule has 1 aliphatic heterocycles. The first kappa shape index (κ1) is 22.3. The maximum absolute atomic E-state index is 11.9. The van der Waals surface area contributed by atoms with Crippen molar-refractivity contribution in [2.45, 2.75) is 38.1 Å². The van der Waals surface area contributed by atoms with Gasteiger partial charge >= 0.3 is 12.1 Å². The van der Waals surface area contributed by atoms with E-state index in [0.717, 1.165) is 11.0 Å². The van der Waals surface area contributed by atoms with Gasteiger partial charge in [0.25, 0.3) is 0 Å². The Labute approximate surface area is 175 Å². The summed E-state index contributed by atoms with van der Waals surface area (Å²) in [4.78, 5) is 26.7. The molecule has 4 atom stereocenters. The lowest BCUT2D eigenvalue weighted by Crippen LogP contribution is -2.33. The molecule has 1 aliphatic rings. The van der Waals surface area contributed by atoms with E-state index in [4.69, 9.17) is 24.7 Å². The lowest BCUT2D eigenvalue weighted by atomic mass is 10.1. The number of esters is 1. The molecule has 2 heterocycles. The molecule has 1 fully saturated rings. The number of aliphatic hydroxyl groups excluding tert-OH is 3. The summed E-state index contributed by atoms with van der Waals surface area (Å²) in [5, 5.41) is 42.9. The number of amidine groups is 1. The van der Waals surface area contributed by atoms with Crippen molar-refractivity contribution in [1.29, 1.82) is 5.41 Å². The second-order valence-electron chi connectivity index (χ2n) is 6.59. The molecule has 3 rings (SSSR count). The topological polar surface area (TPSA) is 189 Å². The molecule has 2 aromatic rings. The van der Waals surface area contributed by atoms with Crippen LogP contribution in [0.1, 0.15) is 24.5 Å². The lowest BCUT2D eigenvalue weighted by molar-refractivity contribution is -0.131. The van der Waals surface area contributed by atoms with Gasteiger partial charge in [0.2, 0.25) is 5.82 Å². The zero-order valence-electron chi connectivity index (χ0n) is 16.3. The van der Waals surface area contributed by atoms with Crippen LogP contribution < -0.4 is 10.1 Å². The summed E-state index contributed by atoms with van der Waals surface area (Å²) in [7, 11) is 0. The van der Waals surface area contributed by atoms with E-state index in [0.29, 0.717) is 11.3 Å². The van der Waals surface area contributed by atoms with E-state index in [-0.39, 0.29) is 12.4 Å². The third-order valence-electron chi connectivity index (χ3n) is 4.29. The number of alkyl carbamates (subject to hydrolysis) is 1. The molecule has 0 bridgehead atoms. The standard InChI is InChI=1S/C18H21N5O8/c1-9(25)30-11-4-2-10(3-5-11)7-29-18(28)21-15(19)16-20-8-23(22-16)17-14(27)13(26)12(6-24)31-17/h2-5,8,12-14,17,24,26-27H,6-7H2,1H3,(H2,19,21,28). The van der Waals surface area contributed by atoms with Crippen LogP contribution in [0.4, 0.5) is 4.79 Å². The Balaban J connectivity index is 1.51. The highest BCUT2D eigenvalue weighted by Gasteiger charge is 2.44. The molecule has 1 aromatic heterocycles. The van der Waals surface area contributed by atoms with Crippen molar-refractivity contribution in [3.63, 3.8) is 0 Å². The summed E-state index contributed by atoms with van der Waals surface area (Å²) in [6.07, 6.45) is -4.52. The van der Waals surface area contributed by atoms with Gasteiger partial charge in [-0.05, 0) is 17.7 Å². The molecule has 13 nitrogen and oxygen atoms in total. The van der Waals surface area contributed by atoms with Crippen LogP contribution in [0, 0.1) is 5.41 Å². The van der Waals surface area contributed by atoms with Gasteiger partial charge in [-0.2, -0.15) is 0 Å². The minimum Gasteiger partial charge on any atom is -0.444 e. The monoisotopic (exact) mass is 435 g/mol. The fraction of sp³-hybridized carbons (Fsp3) is 0.389. The van der Waals surface area contributed by atoms with E-state index >= 15 is 0 Å². The Morgan fingerprint density at radius 1 is 1.26 bits per heavy atom.